The molecular formula is C11H12O2. The van der Waals surface area contributed by atoms with Crippen LogP contribution in [-0.4, -0.2) is 12.1 Å². The molecule has 13 heavy (non-hydrogen) atoms. The second-order valence-electron chi connectivity index (χ2n) is 3.38. The van der Waals surface area contributed by atoms with Gasteiger partial charge in [-0.2, -0.15) is 0 Å². The van der Waals surface area contributed by atoms with E-state index < -0.39 is 5.41 Å². The lowest BCUT2D eigenvalue weighted by Crippen LogP contribution is -2.22. The van der Waals surface area contributed by atoms with Gasteiger partial charge in [0.05, 0.1) is 5.41 Å². The Morgan fingerprint density at radius 2 is 2.15 bits per heavy atom. The first-order valence-electron chi connectivity index (χ1n) is 4.08. The van der Waals surface area contributed by atoms with Crippen LogP contribution in [0, 0.1) is 5.41 Å². The molecule has 1 aliphatic carbocycles. The Bertz CT molecular complexity index is 334. The van der Waals surface area contributed by atoms with Gasteiger partial charge in [-0.25, -0.2) is 0 Å². The molecule has 1 aliphatic rings. The van der Waals surface area contributed by atoms with Gasteiger partial charge in [0, 0.05) is 0 Å². The molecule has 0 aliphatic heterocycles. The lowest BCUT2D eigenvalue weighted by molar-refractivity contribution is -0.119. The second-order valence-corrected chi connectivity index (χ2v) is 3.38. The average Bonchev–Trinajstić information content (AvgIpc) is 2.28. The maximum Gasteiger partial charge on any atom is 0.172 e. The molecule has 0 saturated heterocycles. The summed E-state index contributed by atoms with van der Waals surface area (Å²) in [6.07, 6.45) is 5.37. The van der Waals surface area contributed by atoms with Crippen LogP contribution in [0.5, 0.6) is 0 Å². The zero-order valence-corrected chi connectivity index (χ0v) is 7.83. The summed E-state index contributed by atoms with van der Waals surface area (Å²) in [5.74, 6) is 0.0237. The Hall–Kier alpha value is -1.44. The first kappa shape index (κ1) is 9.65. The van der Waals surface area contributed by atoms with Crippen molar-refractivity contribution in [2.24, 2.45) is 5.41 Å². The van der Waals surface area contributed by atoms with Gasteiger partial charge in [-0.1, -0.05) is 18.7 Å². The highest BCUT2D eigenvalue weighted by Gasteiger charge is 2.37. The number of hydrogen-bond acceptors (Lipinski definition) is 2. The average molecular weight is 176 g/mol. The summed E-state index contributed by atoms with van der Waals surface area (Å²) >= 11 is 0. The Kier molecular flexibility index (Phi) is 2.32. The van der Waals surface area contributed by atoms with E-state index in [0.717, 1.165) is 5.57 Å². The third-order valence-electron chi connectivity index (χ3n) is 2.40. The number of carbonyl (C=O) groups is 2. The zero-order valence-electron chi connectivity index (χ0n) is 7.83. The highest BCUT2D eigenvalue weighted by atomic mass is 16.1. The van der Waals surface area contributed by atoms with Gasteiger partial charge in [-0.15, -0.1) is 0 Å². The minimum atomic E-state index is -0.703. The van der Waals surface area contributed by atoms with Crippen molar-refractivity contribution >= 4 is 12.1 Å². The lowest BCUT2D eigenvalue weighted by Gasteiger charge is -2.18. The Morgan fingerprint density at radius 3 is 2.54 bits per heavy atom. The third-order valence-corrected chi connectivity index (χ3v) is 2.40. The number of Topliss-reactive ketones (excluding diaryl/α,β-unsaturated/α-hetero) is 1. The number of allylic oxidation sites excluding steroid dienone is 5. The van der Waals surface area contributed by atoms with Crippen molar-refractivity contribution in [2.75, 3.05) is 0 Å². The van der Waals surface area contributed by atoms with Crippen molar-refractivity contribution in [2.45, 2.75) is 13.8 Å². The highest BCUT2D eigenvalue weighted by molar-refractivity contribution is 6.07. The molecule has 0 saturated carbocycles. The van der Waals surface area contributed by atoms with E-state index in [1.165, 1.54) is 6.08 Å². The predicted octanol–water partition coefficient (Wildman–Crippen LogP) is 1.83. The monoisotopic (exact) mass is 176 g/mol. The van der Waals surface area contributed by atoms with Gasteiger partial charge < -0.3 is 0 Å². The molecule has 0 heterocycles. The molecule has 0 radical (unpaired) electrons. The molecule has 0 aromatic heterocycles. The standard InChI is InChI=1S/C11H12O2/c1-8-7-9(2)11(3,10(8)13)5-4-6-12/h4-7H,2H2,1,3H3/b5-4+. The van der Waals surface area contributed by atoms with Crippen LogP contribution < -0.4 is 0 Å². The predicted molar refractivity (Wildman–Crippen MR) is 51.2 cm³/mol. The minimum absolute atomic E-state index is 0.0237. The van der Waals surface area contributed by atoms with E-state index in [1.54, 1.807) is 26.0 Å². The molecule has 2 heteroatoms. The van der Waals surface area contributed by atoms with E-state index in [2.05, 4.69) is 6.58 Å². The molecule has 1 unspecified atom stereocenters. The quantitative estimate of drug-likeness (QED) is 0.475. The molecule has 0 N–H and O–H groups in total. The van der Waals surface area contributed by atoms with Crippen molar-refractivity contribution < 1.29 is 9.59 Å². The van der Waals surface area contributed by atoms with Gasteiger partial charge in [0.1, 0.15) is 6.29 Å². The van der Waals surface area contributed by atoms with Gasteiger partial charge >= 0.3 is 0 Å². The van der Waals surface area contributed by atoms with Crippen molar-refractivity contribution in [3.8, 4) is 0 Å². The minimum Gasteiger partial charge on any atom is -0.299 e. The number of carbonyl (C=O) groups excluding carboxylic acids is 2. The molecule has 1 rings (SSSR count). The summed E-state index contributed by atoms with van der Waals surface area (Å²) in [5, 5.41) is 0. The maximum atomic E-state index is 11.6. The van der Waals surface area contributed by atoms with E-state index in [-0.39, 0.29) is 5.78 Å². The van der Waals surface area contributed by atoms with E-state index in [1.807, 2.05) is 0 Å². The van der Waals surface area contributed by atoms with Gasteiger partial charge in [0.15, 0.2) is 5.78 Å². The fourth-order valence-corrected chi connectivity index (χ4v) is 1.45. The fourth-order valence-electron chi connectivity index (χ4n) is 1.45. The highest BCUT2D eigenvalue weighted by Crippen LogP contribution is 2.38. The van der Waals surface area contributed by atoms with Gasteiger partial charge in [0.2, 0.25) is 0 Å². The molecular weight excluding hydrogens is 164 g/mol. The van der Waals surface area contributed by atoms with Gasteiger partial charge in [-0.3, -0.25) is 9.59 Å². The van der Waals surface area contributed by atoms with Crippen LogP contribution in [0.15, 0.2) is 36.0 Å². The van der Waals surface area contributed by atoms with Crippen molar-refractivity contribution in [3.63, 3.8) is 0 Å². The number of rotatable bonds is 2. The van der Waals surface area contributed by atoms with E-state index in [9.17, 15) is 9.59 Å². The van der Waals surface area contributed by atoms with Crippen molar-refractivity contribution in [1.29, 1.82) is 0 Å². The van der Waals surface area contributed by atoms with E-state index >= 15 is 0 Å². The SMILES string of the molecule is C=C1C=C(C)C(=O)C1(C)/C=C/C=O. The Labute approximate surface area is 77.6 Å². The third kappa shape index (κ3) is 1.39. The maximum absolute atomic E-state index is 11.6. The van der Waals surface area contributed by atoms with E-state index in [0.29, 0.717) is 11.9 Å². The number of hydrogen-bond donors (Lipinski definition) is 0. The summed E-state index contributed by atoms with van der Waals surface area (Å²) in [6, 6.07) is 0. The zero-order chi connectivity index (χ0) is 10.1. The van der Waals surface area contributed by atoms with E-state index in [4.69, 9.17) is 0 Å². The molecule has 0 aromatic carbocycles. The van der Waals surface area contributed by atoms with Crippen LogP contribution >= 0.6 is 0 Å². The smallest absolute Gasteiger partial charge is 0.172 e. The van der Waals surface area contributed by atoms with Crippen LogP contribution in [-0.2, 0) is 9.59 Å². The lowest BCUT2D eigenvalue weighted by atomic mass is 9.82. The molecule has 0 amide bonds. The molecule has 2 nitrogen and oxygen atoms in total. The van der Waals surface area contributed by atoms with Gasteiger partial charge in [0.25, 0.3) is 0 Å². The topological polar surface area (TPSA) is 34.1 Å². The molecule has 68 valence electrons. The van der Waals surface area contributed by atoms with Gasteiger partial charge in [-0.05, 0) is 31.1 Å². The van der Waals surface area contributed by atoms with Crippen LogP contribution in [0.3, 0.4) is 0 Å². The largest absolute Gasteiger partial charge is 0.299 e. The molecule has 1 atom stereocenters. The number of ketones is 1. The van der Waals surface area contributed by atoms with Crippen molar-refractivity contribution in [1.82, 2.24) is 0 Å². The summed E-state index contributed by atoms with van der Waals surface area (Å²) in [7, 11) is 0. The van der Waals surface area contributed by atoms with Crippen LogP contribution in [0.1, 0.15) is 13.8 Å². The Balaban J connectivity index is 3.07. The first-order valence-corrected chi connectivity index (χ1v) is 4.08. The Morgan fingerprint density at radius 1 is 1.54 bits per heavy atom. The summed E-state index contributed by atoms with van der Waals surface area (Å²) in [4.78, 5) is 21.8. The molecule has 0 spiro atoms. The van der Waals surface area contributed by atoms with Crippen LogP contribution in [0.25, 0.3) is 0 Å². The first-order chi connectivity index (χ1) is 6.02. The van der Waals surface area contributed by atoms with Crippen molar-refractivity contribution in [3.05, 3.63) is 36.0 Å². The summed E-state index contributed by atoms with van der Waals surface area (Å²) in [6.45, 7) is 7.32. The van der Waals surface area contributed by atoms with Crippen LogP contribution in [0.2, 0.25) is 0 Å². The second kappa shape index (κ2) is 3.13. The van der Waals surface area contributed by atoms with Crippen LogP contribution in [0.4, 0.5) is 0 Å². The molecule has 0 fully saturated rings. The molecule has 0 aromatic rings. The summed E-state index contributed by atoms with van der Waals surface area (Å²) in [5.41, 5.74) is 0.737. The normalized spacial score (nSPS) is 28.3. The summed E-state index contributed by atoms with van der Waals surface area (Å²) < 4.78 is 0. The number of aldehydes is 1. The molecule has 0 bridgehead atoms. The fraction of sp³-hybridized carbons (Fsp3) is 0.273.